The third-order valence-corrected chi connectivity index (χ3v) is 4.12. The summed E-state index contributed by atoms with van der Waals surface area (Å²) < 4.78 is 26.0. The molecule has 1 aromatic rings. The van der Waals surface area contributed by atoms with Crippen molar-refractivity contribution in [3.63, 3.8) is 0 Å². The van der Waals surface area contributed by atoms with Crippen LogP contribution in [0.25, 0.3) is 0 Å². The van der Waals surface area contributed by atoms with Gasteiger partial charge in [0.2, 0.25) is 10.0 Å². The van der Waals surface area contributed by atoms with Crippen LogP contribution < -0.4 is 4.72 Å². The minimum absolute atomic E-state index is 0.0284. The average molecular weight is 276 g/mol. The van der Waals surface area contributed by atoms with Gasteiger partial charge in [-0.25, -0.2) is 13.1 Å². The first-order chi connectivity index (χ1) is 7.91. The van der Waals surface area contributed by atoms with Gasteiger partial charge in [0, 0.05) is 11.9 Å². The topological polar surface area (TPSA) is 46.2 Å². The molecule has 0 aliphatic heterocycles. The molecule has 0 amide bonds. The summed E-state index contributed by atoms with van der Waals surface area (Å²) in [5.41, 5.74) is 1.02. The van der Waals surface area contributed by atoms with Crippen LogP contribution in [0.1, 0.15) is 25.3 Å². The monoisotopic (exact) mass is 275 g/mol. The number of hydrogen-bond donors (Lipinski definition) is 1. The fourth-order valence-electron chi connectivity index (χ4n) is 1.51. The maximum Gasteiger partial charge on any atom is 0.212 e. The SMILES string of the molecule is CC(Cl)CNS(=O)(=O)CC(C)c1ccccc1. The minimum Gasteiger partial charge on any atom is -0.214 e. The Labute approximate surface area is 108 Å². The van der Waals surface area contributed by atoms with Gasteiger partial charge in [0.1, 0.15) is 0 Å². The van der Waals surface area contributed by atoms with E-state index in [2.05, 4.69) is 4.72 Å². The maximum atomic E-state index is 11.7. The molecule has 0 saturated heterocycles. The molecule has 5 heteroatoms. The van der Waals surface area contributed by atoms with E-state index in [0.717, 1.165) is 5.56 Å². The normalized spacial score (nSPS) is 15.5. The highest BCUT2D eigenvalue weighted by atomic mass is 35.5. The molecule has 0 radical (unpaired) electrons. The van der Waals surface area contributed by atoms with Gasteiger partial charge >= 0.3 is 0 Å². The van der Waals surface area contributed by atoms with Gasteiger partial charge < -0.3 is 0 Å². The van der Waals surface area contributed by atoms with Crippen molar-refractivity contribution in [2.45, 2.75) is 25.1 Å². The highest BCUT2D eigenvalue weighted by Crippen LogP contribution is 2.16. The standard InChI is InChI=1S/C12H18ClNO2S/c1-10(12-6-4-3-5-7-12)9-17(15,16)14-8-11(2)13/h3-7,10-11,14H,8-9H2,1-2H3. The molecule has 1 rings (SSSR count). The van der Waals surface area contributed by atoms with Crippen LogP contribution in [0.5, 0.6) is 0 Å². The summed E-state index contributed by atoms with van der Waals surface area (Å²) in [6.07, 6.45) is 0. The largest absolute Gasteiger partial charge is 0.214 e. The van der Waals surface area contributed by atoms with Crippen LogP contribution in [0.3, 0.4) is 0 Å². The summed E-state index contributed by atoms with van der Waals surface area (Å²) in [6, 6.07) is 9.60. The zero-order chi connectivity index (χ0) is 12.9. The predicted molar refractivity (Wildman–Crippen MR) is 72.0 cm³/mol. The molecule has 0 aromatic heterocycles. The minimum atomic E-state index is -3.26. The molecule has 1 N–H and O–H groups in total. The van der Waals surface area contributed by atoms with Crippen molar-refractivity contribution in [3.05, 3.63) is 35.9 Å². The lowest BCUT2D eigenvalue weighted by Gasteiger charge is -2.13. The number of benzene rings is 1. The van der Waals surface area contributed by atoms with Gasteiger partial charge in [-0.2, -0.15) is 0 Å². The van der Waals surface area contributed by atoms with E-state index in [1.807, 2.05) is 37.3 Å². The van der Waals surface area contributed by atoms with E-state index >= 15 is 0 Å². The van der Waals surface area contributed by atoms with Crippen LogP contribution in [-0.4, -0.2) is 26.1 Å². The third-order valence-electron chi connectivity index (χ3n) is 2.42. The number of sulfonamides is 1. The van der Waals surface area contributed by atoms with Crippen molar-refractivity contribution in [2.24, 2.45) is 0 Å². The third kappa shape index (κ3) is 5.52. The van der Waals surface area contributed by atoms with E-state index < -0.39 is 10.0 Å². The van der Waals surface area contributed by atoms with Crippen molar-refractivity contribution < 1.29 is 8.42 Å². The Balaban J connectivity index is 2.59. The summed E-state index contributed by atoms with van der Waals surface area (Å²) >= 11 is 5.71. The Bertz CT molecular complexity index is 431. The van der Waals surface area contributed by atoms with Crippen molar-refractivity contribution >= 4 is 21.6 Å². The quantitative estimate of drug-likeness (QED) is 0.810. The van der Waals surface area contributed by atoms with Crippen LogP contribution in [0.2, 0.25) is 0 Å². The summed E-state index contributed by atoms with van der Waals surface area (Å²) in [7, 11) is -3.26. The summed E-state index contributed by atoms with van der Waals surface area (Å²) in [4.78, 5) is 0. The Morgan fingerprint density at radius 2 is 1.82 bits per heavy atom. The average Bonchev–Trinajstić information content (AvgIpc) is 2.27. The molecule has 0 bridgehead atoms. The maximum absolute atomic E-state index is 11.7. The van der Waals surface area contributed by atoms with Crippen LogP contribution in [-0.2, 0) is 10.0 Å². The van der Waals surface area contributed by atoms with Gasteiger partial charge in [-0.05, 0) is 18.4 Å². The smallest absolute Gasteiger partial charge is 0.212 e. The van der Waals surface area contributed by atoms with Crippen LogP contribution >= 0.6 is 11.6 Å². The van der Waals surface area contributed by atoms with Gasteiger partial charge in [-0.15, -0.1) is 11.6 Å². The highest BCUT2D eigenvalue weighted by Gasteiger charge is 2.17. The van der Waals surface area contributed by atoms with Crippen LogP contribution in [0.4, 0.5) is 0 Å². The zero-order valence-corrected chi connectivity index (χ0v) is 11.6. The second-order valence-electron chi connectivity index (χ2n) is 4.22. The molecule has 96 valence electrons. The lowest BCUT2D eigenvalue weighted by molar-refractivity contribution is 0.575. The molecule has 0 aliphatic carbocycles. The molecule has 3 nitrogen and oxygen atoms in total. The first-order valence-electron chi connectivity index (χ1n) is 5.57. The fraction of sp³-hybridized carbons (Fsp3) is 0.500. The molecule has 0 aliphatic rings. The second-order valence-corrected chi connectivity index (χ2v) is 6.82. The first-order valence-corrected chi connectivity index (χ1v) is 7.66. The lowest BCUT2D eigenvalue weighted by atomic mass is 10.0. The van der Waals surface area contributed by atoms with Crippen molar-refractivity contribution in [1.82, 2.24) is 4.72 Å². The number of rotatable bonds is 6. The zero-order valence-electron chi connectivity index (χ0n) is 10.1. The molecule has 0 saturated carbocycles. The number of halogens is 1. The summed E-state index contributed by atoms with van der Waals surface area (Å²) in [5.74, 6) is 0.0556. The molecular formula is C12H18ClNO2S. The number of alkyl halides is 1. The first kappa shape index (κ1) is 14.5. The molecule has 0 spiro atoms. The predicted octanol–water partition coefficient (Wildman–Crippen LogP) is 2.34. The molecule has 0 fully saturated rings. The van der Waals surface area contributed by atoms with E-state index in [-0.39, 0.29) is 23.6 Å². The van der Waals surface area contributed by atoms with Gasteiger partial charge in [0.15, 0.2) is 0 Å². The van der Waals surface area contributed by atoms with Gasteiger partial charge in [-0.3, -0.25) is 0 Å². The van der Waals surface area contributed by atoms with Crippen LogP contribution in [0, 0.1) is 0 Å². The Kier molecular flexibility index (Phi) is 5.43. The number of nitrogens with one attached hydrogen (secondary N) is 1. The highest BCUT2D eigenvalue weighted by molar-refractivity contribution is 7.89. The Hall–Kier alpha value is -0.580. The second kappa shape index (κ2) is 6.38. The lowest BCUT2D eigenvalue weighted by Crippen LogP contribution is -2.32. The number of hydrogen-bond acceptors (Lipinski definition) is 2. The molecule has 1 aromatic carbocycles. The molecule has 0 heterocycles. The van der Waals surface area contributed by atoms with Gasteiger partial charge in [0.05, 0.1) is 5.75 Å². The summed E-state index contributed by atoms with van der Waals surface area (Å²) in [6.45, 7) is 3.93. The van der Waals surface area contributed by atoms with Gasteiger partial charge in [-0.1, -0.05) is 37.3 Å². The van der Waals surface area contributed by atoms with Crippen molar-refractivity contribution in [2.75, 3.05) is 12.3 Å². The Morgan fingerprint density at radius 1 is 1.24 bits per heavy atom. The van der Waals surface area contributed by atoms with Crippen LogP contribution in [0.15, 0.2) is 30.3 Å². The van der Waals surface area contributed by atoms with Crippen molar-refractivity contribution in [1.29, 1.82) is 0 Å². The van der Waals surface area contributed by atoms with E-state index in [4.69, 9.17) is 11.6 Å². The Morgan fingerprint density at radius 3 is 2.35 bits per heavy atom. The summed E-state index contributed by atoms with van der Waals surface area (Å²) in [5, 5.41) is -0.197. The van der Waals surface area contributed by atoms with E-state index in [1.165, 1.54) is 0 Å². The molecule has 2 unspecified atom stereocenters. The van der Waals surface area contributed by atoms with Gasteiger partial charge in [0.25, 0.3) is 0 Å². The fourth-order valence-corrected chi connectivity index (χ4v) is 3.15. The van der Waals surface area contributed by atoms with E-state index in [9.17, 15) is 8.42 Å². The molecule has 17 heavy (non-hydrogen) atoms. The molecule has 2 atom stereocenters. The van der Waals surface area contributed by atoms with E-state index in [1.54, 1.807) is 6.92 Å². The van der Waals surface area contributed by atoms with E-state index in [0.29, 0.717) is 0 Å². The molecular weight excluding hydrogens is 258 g/mol. The van der Waals surface area contributed by atoms with Crippen molar-refractivity contribution in [3.8, 4) is 0 Å².